The topological polar surface area (TPSA) is 63.4 Å². The Kier molecular flexibility index (Phi) is 2.35. The average Bonchev–Trinajstić information content (AvgIpc) is 2.17. The van der Waals surface area contributed by atoms with Crippen molar-refractivity contribution in [1.29, 1.82) is 0 Å². The number of amides is 2. The second-order valence-corrected chi connectivity index (χ2v) is 3.45. The molecule has 4 heteroatoms. The van der Waals surface area contributed by atoms with Crippen molar-refractivity contribution < 1.29 is 9.59 Å². The van der Waals surface area contributed by atoms with Crippen LogP contribution in [0.4, 0.5) is 0 Å². The zero-order chi connectivity index (χ0) is 9.30. The van der Waals surface area contributed by atoms with Crippen molar-refractivity contribution in [3.8, 4) is 0 Å². The molecule has 0 aromatic heterocycles. The Morgan fingerprint density at radius 2 is 2.25 bits per heavy atom. The molecule has 0 spiro atoms. The Hall–Kier alpha value is -1.06. The van der Waals surface area contributed by atoms with Crippen LogP contribution in [-0.4, -0.2) is 29.8 Å². The van der Waals surface area contributed by atoms with Crippen LogP contribution in [0.1, 0.15) is 13.8 Å². The van der Waals surface area contributed by atoms with E-state index in [4.69, 9.17) is 5.73 Å². The quantitative estimate of drug-likeness (QED) is 0.612. The van der Waals surface area contributed by atoms with Crippen molar-refractivity contribution in [2.45, 2.75) is 13.8 Å². The zero-order valence-corrected chi connectivity index (χ0v) is 7.41. The molecular formula is C8H14N2O2. The second kappa shape index (κ2) is 3.13. The van der Waals surface area contributed by atoms with Gasteiger partial charge in [0.25, 0.3) is 0 Å². The fraction of sp³-hybridized carbons (Fsp3) is 0.750. The first kappa shape index (κ1) is 9.03. The maximum absolute atomic E-state index is 11.4. The minimum atomic E-state index is -0.440. The minimum absolute atomic E-state index is 0.0318. The van der Waals surface area contributed by atoms with Crippen molar-refractivity contribution >= 4 is 11.8 Å². The summed E-state index contributed by atoms with van der Waals surface area (Å²) < 4.78 is 0. The Labute approximate surface area is 71.7 Å². The smallest absolute Gasteiger partial charge is 0.237 e. The highest BCUT2D eigenvalue weighted by atomic mass is 16.2. The molecule has 2 N–H and O–H groups in total. The molecule has 2 amide bonds. The highest BCUT2D eigenvalue weighted by molar-refractivity contribution is 5.86. The van der Waals surface area contributed by atoms with Crippen LogP contribution in [0, 0.1) is 11.8 Å². The van der Waals surface area contributed by atoms with Gasteiger partial charge in [-0.2, -0.15) is 0 Å². The van der Waals surface area contributed by atoms with Crippen molar-refractivity contribution in [1.82, 2.24) is 4.90 Å². The summed E-state index contributed by atoms with van der Waals surface area (Å²) in [6.07, 6.45) is 0. The summed E-state index contributed by atoms with van der Waals surface area (Å²) in [5.41, 5.74) is 4.99. The summed E-state index contributed by atoms with van der Waals surface area (Å²) in [5, 5.41) is 0. The molecule has 68 valence electrons. The normalized spacial score (nSPS) is 29.5. The number of rotatable bonds is 2. The van der Waals surface area contributed by atoms with E-state index in [1.54, 1.807) is 0 Å². The van der Waals surface area contributed by atoms with E-state index < -0.39 is 5.91 Å². The lowest BCUT2D eigenvalue weighted by Gasteiger charge is -2.12. The van der Waals surface area contributed by atoms with Crippen LogP contribution in [-0.2, 0) is 9.59 Å². The number of nitrogens with two attached hydrogens (primary N) is 1. The zero-order valence-electron chi connectivity index (χ0n) is 7.41. The standard InChI is InChI=1S/C8H14N2O2/c1-5-3-10(4-7(9)11)8(12)6(5)2/h5-6H,3-4H2,1-2H3,(H2,9,11). The van der Waals surface area contributed by atoms with Crippen molar-refractivity contribution in [2.75, 3.05) is 13.1 Å². The molecule has 1 fully saturated rings. The predicted molar refractivity (Wildman–Crippen MR) is 44.1 cm³/mol. The van der Waals surface area contributed by atoms with Crippen molar-refractivity contribution in [3.63, 3.8) is 0 Å². The van der Waals surface area contributed by atoms with Crippen LogP contribution in [0.5, 0.6) is 0 Å². The molecule has 4 nitrogen and oxygen atoms in total. The fourth-order valence-corrected chi connectivity index (χ4v) is 1.46. The highest BCUT2D eigenvalue weighted by Crippen LogP contribution is 2.22. The summed E-state index contributed by atoms with van der Waals surface area (Å²) in [6.45, 7) is 4.61. The maximum atomic E-state index is 11.4. The number of primary amides is 1. The second-order valence-electron chi connectivity index (χ2n) is 3.45. The fourth-order valence-electron chi connectivity index (χ4n) is 1.46. The van der Waals surface area contributed by atoms with E-state index in [1.165, 1.54) is 4.90 Å². The molecule has 12 heavy (non-hydrogen) atoms. The molecule has 2 atom stereocenters. The summed E-state index contributed by atoms with van der Waals surface area (Å²) in [5.74, 6) is -0.0350. The Bertz CT molecular complexity index is 215. The molecule has 0 aromatic carbocycles. The summed E-state index contributed by atoms with van der Waals surface area (Å²) in [4.78, 5) is 23.4. The van der Waals surface area contributed by atoms with Gasteiger partial charge in [0, 0.05) is 12.5 Å². The van der Waals surface area contributed by atoms with Crippen LogP contribution in [0.15, 0.2) is 0 Å². The van der Waals surface area contributed by atoms with E-state index in [9.17, 15) is 9.59 Å². The third-order valence-electron chi connectivity index (χ3n) is 2.41. The molecule has 0 aromatic rings. The monoisotopic (exact) mass is 170 g/mol. The van der Waals surface area contributed by atoms with E-state index in [0.29, 0.717) is 12.5 Å². The molecular weight excluding hydrogens is 156 g/mol. The van der Waals surface area contributed by atoms with Gasteiger partial charge in [-0.15, -0.1) is 0 Å². The molecule has 0 aliphatic carbocycles. The predicted octanol–water partition coefficient (Wildman–Crippen LogP) is -0.414. The largest absolute Gasteiger partial charge is 0.368 e. The summed E-state index contributed by atoms with van der Waals surface area (Å²) in [6, 6.07) is 0. The molecule has 1 heterocycles. The Balaban J connectivity index is 2.59. The molecule has 2 unspecified atom stereocenters. The molecule has 0 saturated carbocycles. The third-order valence-corrected chi connectivity index (χ3v) is 2.41. The maximum Gasteiger partial charge on any atom is 0.237 e. The molecule has 1 saturated heterocycles. The highest BCUT2D eigenvalue weighted by Gasteiger charge is 2.34. The number of hydrogen-bond donors (Lipinski definition) is 1. The van der Waals surface area contributed by atoms with Gasteiger partial charge < -0.3 is 10.6 Å². The molecule has 0 radical (unpaired) electrons. The van der Waals surface area contributed by atoms with Gasteiger partial charge in [-0.1, -0.05) is 13.8 Å². The summed E-state index contributed by atoms with van der Waals surface area (Å²) in [7, 11) is 0. The molecule has 1 aliphatic heterocycles. The van der Waals surface area contributed by atoms with Gasteiger partial charge in [0.2, 0.25) is 11.8 Å². The van der Waals surface area contributed by atoms with E-state index >= 15 is 0 Å². The van der Waals surface area contributed by atoms with E-state index in [1.807, 2.05) is 13.8 Å². The number of carbonyl (C=O) groups is 2. The van der Waals surface area contributed by atoms with Gasteiger partial charge in [0.05, 0.1) is 6.54 Å². The average molecular weight is 170 g/mol. The number of carbonyl (C=O) groups excluding carboxylic acids is 2. The molecule has 1 rings (SSSR count). The number of hydrogen-bond acceptors (Lipinski definition) is 2. The van der Waals surface area contributed by atoms with Gasteiger partial charge in [-0.3, -0.25) is 9.59 Å². The summed E-state index contributed by atoms with van der Waals surface area (Å²) >= 11 is 0. The lowest BCUT2D eigenvalue weighted by molar-refractivity contribution is -0.134. The van der Waals surface area contributed by atoms with Gasteiger partial charge in [-0.25, -0.2) is 0 Å². The van der Waals surface area contributed by atoms with Crippen molar-refractivity contribution in [3.05, 3.63) is 0 Å². The first-order valence-electron chi connectivity index (χ1n) is 4.09. The molecule has 0 bridgehead atoms. The third kappa shape index (κ3) is 1.57. The molecule has 1 aliphatic rings. The SMILES string of the molecule is CC1CN(CC(N)=O)C(=O)C1C. The van der Waals surface area contributed by atoms with Crippen LogP contribution < -0.4 is 5.73 Å². The van der Waals surface area contributed by atoms with Gasteiger partial charge in [-0.05, 0) is 5.92 Å². The minimum Gasteiger partial charge on any atom is -0.368 e. The lowest BCUT2D eigenvalue weighted by atomic mass is 10.0. The van der Waals surface area contributed by atoms with Crippen molar-refractivity contribution in [2.24, 2.45) is 17.6 Å². The Morgan fingerprint density at radius 1 is 1.67 bits per heavy atom. The van der Waals surface area contributed by atoms with E-state index in [0.717, 1.165) is 0 Å². The first-order valence-corrected chi connectivity index (χ1v) is 4.09. The van der Waals surface area contributed by atoms with E-state index in [2.05, 4.69) is 0 Å². The Morgan fingerprint density at radius 3 is 2.58 bits per heavy atom. The lowest BCUT2D eigenvalue weighted by Crippen LogP contribution is -2.35. The number of likely N-dealkylation sites (tertiary alicyclic amines) is 1. The van der Waals surface area contributed by atoms with Gasteiger partial charge >= 0.3 is 0 Å². The van der Waals surface area contributed by atoms with Gasteiger partial charge in [0.1, 0.15) is 0 Å². The van der Waals surface area contributed by atoms with Crippen LogP contribution in [0.2, 0.25) is 0 Å². The van der Waals surface area contributed by atoms with E-state index in [-0.39, 0.29) is 18.4 Å². The van der Waals surface area contributed by atoms with Crippen LogP contribution in [0.3, 0.4) is 0 Å². The van der Waals surface area contributed by atoms with Gasteiger partial charge in [0.15, 0.2) is 0 Å². The van der Waals surface area contributed by atoms with Crippen LogP contribution in [0.25, 0.3) is 0 Å². The number of nitrogens with zero attached hydrogens (tertiary/aromatic N) is 1. The first-order chi connectivity index (χ1) is 5.52. The van der Waals surface area contributed by atoms with Crippen LogP contribution >= 0.6 is 0 Å².